The number of rotatable bonds is 8. The smallest absolute Gasteiger partial charge is 0.308 e. The highest BCUT2D eigenvalue weighted by molar-refractivity contribution is 9.10. The standard InChI is InChI=1S/C17H21BrNO4P/c1-3-22-24(21,23-4-2)16(14-7-9-15(18)10-8-14)13-17(20)19-11-5-6-12-19/h5-12,16H,3-4,13H2,1-2H3/t16-/m0/s1. The van der Waals surface area contributed by atoms with Gasteiger partial charge in [-0.3, -0.25) is 13.9 Å². The maximum Gasteiger partial charge on any atom is 0.338 e. The molecule has 7 heteroatoms. The van der Waals surface area contributed by atoms with E-state index in [1.54, 1.807) is 38.4 Å². The molecule has 24 heavy (non-hydrogen) atoms. The van der Waals surface area contributed by atoms with Gasteiger partial charge in [-0.1, -0.05) is 28.1 Å². The quantitative estimate of drug-likeness (QED) is 0.551. The molecule has 0 unspecified atom stereocenters. The Hall–Kier alpha value is -1.20. The molecule has 1 atom stereocenters. The van der Waals surface area contributed by atoms with E-state index in [1.165, 1.54) is 4.57 Å². The predicted octanol–water partition coefficient (Wildman–Crippen LogP) is 5.29. The Bertz CT molecular complexity index is 690. The summed E-state index contributed by atoms with van der Waals surface area (Å²) in [6.45, 7) is 4.03. The summed E-state index contributed by atoms with van der Waals surface area (Å²) in [5.41, 5.74) is 0.101. The molecule has 1 aromatic heterocycles. The van der Waals surface area contributed by atoms with E-state index in [2.05, 4.69) is 15.9 Å². The lowest BCUT2D eigenvalue weighted by Gasteiger charge is -2.26. The first-order valence-corrected chi connectivity index (χ1v) is 10.2. The van der Waals surface area contributed by atoms with Crippen molar-refractivity contribution in [3.63, 3.8) is 0 Å². The zero-order chi connectivity index (χ0) is 17.6. The van der Waals surface area contributed by atoms with Crippen LogP contribution in [0.1, 0.15) is 36.3 Å². The molecular formula is C17H21BrNO4P. The number of aromatic nitrogens is 1. The highest BCUT2D eigenvalue weighted by Crippen LogP contribution is 2.62. The largest absolute Gasteiger partial charge is 0.338 e. The van der Waals surface area contributed by atoms with E-state index in [9.17, 15) is 9.36 Å². The van der Waals surface area contributed by atoms with Crippen LogP contribution in [0.2, 0.25) is 0 Å². The molecule has 0 bridgehead atoms. The summed E-state index contributed by atoms with van der Waals surface area (Å²) in [6, 6.07) is 10.9. The van der Waals surface area contributed by atoms with Crippen molar-refractivity contribution in [2.75, 3.05) is 13.2 Å². The Morgan fingerprint density at radius 2 is 1.67 bits per heavy atom. The Labute approximate surface area is 150 Å². The van der Waals surface area contributed by atoms with Crippen LogP contribution in [0, 0.1) is 0 Å². The van der Waals surface area contributed by atoms with Crippen molar-refractivity contribution >= 4 is 29.4 Å². The molecule has 0 aliphatic heterocycles. The topological polar surface area (TPSA) is 57.5 Å². The van der Waals surface area contributed by atoms with Crippen LogP contribution in [0.5, 0.6) is 0 Å². The third-order valence-corrected chi connectivity index (χ3v) is 6.52. The molecule has 2 aromatic rings. The number of nitrogens with zero attached hydrogens (tertiary/aromatic N) is 1. The monoisotopic (exact) mass is 413 g/mol. The van der Waals surface area contributed by atoms with Gasteiger partial charge in [0.05, 0.1) is 18.9 Å². The molecule has 0 fully saturated rings. The van der Waals surface area contributed by atoms with E-state index in [0.29, 0.717) is 0 Å². The second kappa shape index (κ2) is 8.77. The fourth-order valence-electron chi connectivity index (χ4n) is 2.45. The van der Waals surface area contributed by atoms with Crippen molar-refractivity contribution in [3.05, 3.63) is 58.8 Å². The molecule has 0 saturated carbocycles. The molecule has 0 radical (unpaired) electrons. The van der Waals surface area contributed by atoms with E-state index in [4.69, 9.17) is 9.05 Å². The van der Waals surface area contributed by atoms with Crippen molar-refractivity contribution in [1.29, 1.82) is 0 Å². The van der Waals surface area contributed by atoms with Gasteiger partial charge in [-0.2, -0.15) is 0 Å². The predicted molar refractivity (Wildman–Crippen MR) is 97.4 cm³/mol. The Balaban J connectivity index is 2.38. The van der Waals surface area contributed by atoms with Crippen molar-refractivity contribution in [3.8, 4) is 0 Å². The molecule has 1 heterocycles. The van der Waals surface area contributed by atoms with E-state index >= 15 is 0 Å². The molecule has 130 valence electrons. The maximum absolute atomic E-state index is 13.3. The van der Waals surface area contributed by atoms with Crippen molar-refractivity contribution < 1.29 is 18.4 Å². The van der Waals surface area contributed by atoms with Crippen molar-refractivity contribution in [1.82, 2.24) is 4.57 Å². The van der Waals surface area contributed by atoms with E-state index in [0.717, 1.165) is 10.0 Å². The van der Waals surface area contributed by atoms with Crippen LogP contribution in [0.15, 0.2) is 53.3 Å². The van der Waals surface area contributed by atoms with Gasteiger partial charge in [0.15, 0.2) is 0 Å². The fourth-order valence-corrected chi connectivity index (χ4v) is 4.78. The Kier molecular flexibility index (Phi) is 6.99. The molecule has 0 aliphatic carbocycles. The molecule has 0 N–H and O–H groups in total. The Morgan fingerprint density at radius 1 is 1.12 bits per heavy atom. The summed E-state index contributed by atoms with van der Waals surface area (Å²) in [5, 5.41) is 0. The summed E-state index contributed by atoms with van der Waals surface area (Å²) >= 11 is 3.39. The van der Waals surface area contributed by atoms with Gasteiger partial charge in [-0.05, 0) is 43.7 Å². The highest BCUT2D eigenvalue weighted by Gasteiger charge is 2.38. The zero-order valence-electron chi connectivity index (χ0n) is 13.7. The van der Waals surface area contributed by atoms with Crippen LogP contribution in [0.25, 0.3) is 0 Å². The summed E-state index contributed by atoms with van der Waals surface area (Å²) in [4.78, 5) is 12.5. The normalized spacial score (nSPS) is 13.0. The number of halogens is 1. The molecule has 0 spiro atoms. The van der Waals surface area contributed by atoms with Crippen LogP contribution in [0.3, 0.4) is 0 Å². The summed E-state index contributed by atoms with van der Waals surface area (Å²) in [5.74, 6) is -0.160. The van der Waals surface area contributed by atoms with Gasteiger partial charge in [-0.15, -0.1) is 0 Å². The summed E-state index contributed by atoms with van der Waals surface area (Å²) in [7, 11) is -3.47. The minimum absolute atomic E-state index is 0.0353. The van der Waals surface area contributed by atoms with Crippen LogP contribution < -0.4 is 0 Å². The van der Waals surface area contributed by atoms with Gasteiger partial charge in [0.1, 0.15) is 0 Å². The minimum atomic E-state index is -3.47. The lowest BCUT2D eigenvalue weighted by molar-refractivity contribution is 0.0893. The van der Waals surface area contributed by atoms with Crippen LogP contribution in [-0.2, 0) is 13.6 Å². The lowest BCUT2D eigenvalue weighted by Crippen LogP contribution is -2.16. The van der Waals surface area contributed by atoms with Gasteiger partial charge < -0.3 is 9.05 Å². The zero-order valence-corrected chi connectivity index (χ0v) is 16.2. The average molecular weight is 414 g/mol. The van der Waals surface area contributed by atoms with E-state index in [1.807, 2.05) is 24.3 Å². The average Bonchev–Trinajstić information content (AvgIpc) is 3.08. The first-order valence-electron chi connectivity index (χ1n) is 7.80. The highest BCUT2D eigenvalue weighted by atomic mass is 79.9. The van der Waals surface area contributed by atoms with Gasteiger partial charge in [0, 0.05) is 23.3 Å². The second-order valence-corrected chi connectivity index (χ2v) is 8.27. The van der Waals surface area contributed by atoms with Crippen LogP contribution in [0.4, 0.5) is 0 Å². The molecule has 0 aliphatic rings. The van der Waals surface area contributed by atoms with Crippen LogP contribution >= 0.6 is 23.5 Å². The number of hydrogen-bond donors (Lipinski definition) is 0. The lowest BCUT2D eigenvalue weighted by atomic mass is 10.1. The maximum atomic E-state index is 13.3. The third kappa shape index (κ3) is 4.67. The second-order valence-electron chi connectivity index (χ2n) is 5.13. The van der Waals surface area contributed by atoms with Crippen molar-refractivity contribution in [2.24, 2.45) is 0 Å². The number of carbonyl (C=O) groups is 1. The SMILES string of the molecule is CCOP(=O)(OCC)[C@@H](CC(=O)n1cccc1)c1ccc(Br)cc1. The van der Waals surface area contributed by atoms with Gasteiger partial charge in [0.2, 0.25) is 5.91 Å². The Morgan fingerprint density at radius 3 is 2.17 bits per heavy atom. The first kappa shape index (κ1) is 19.1. The van der Waals surface area contributed by atoms with Gasteiger partial charge in [0.25, 0.3) is 0 Å². The third-order valence-electron chi connectivity index (χ3n) is 3.51. The first-order chi connectivity index (χ1) is 11.5. The number of carbonyl (C=O) groups excluding carboxylic acids is 1. The molecule has 0 saturated heterocycles. The molecule has 2 rings (SSSR count). The minimum Gasteiger partial charge on any atom is -0.308 e. The van der Waals surface area contributed by atoms with E-state index < -0.39 is 13.3 Å². The fraction of sp³-hybridized carbons (Fsp3) is 0.353. The van der Waals surface area contributed by atoms with Crippen molar-refractivity contribution in [2.45, 2.75) is 25.9 Å². The molecule has 0 amide bonds. The number of benzene rings is 1. The molecule has 5 nitrogen and oxygen atoms in total. The summed E-state index contributed by atoms with van der Waals surface area (Å²) < 4.78 is 26.7. The van der Waals surface area contributed by atoms with Crippen LogP contribution in [-0.4, -0.2) is 23.7 Å². The summed E-state index contributed by atoms with van der Waals surface area (Å²) in [6.07, 6.45) is 3.38. The van der Waals surface area contributed by atoms with Gasteiger partial charge >= 0.3 is 7.60 Å². The molecular weight excluding hydrogens is 393 g/mol. The van der Waals surface area contributed by atoms with E-state index in [-0.39, 0.29) is 25.5 Å². The number of hydrogen-bond acceptors (Lipinski definition) is 4. The van der Waals surface area contributed by atoms with Gasteiger partial charge in [-0.25, -0.2) is 0 Å². The molecule has 1 aromatic carbocycles.